The van der Waals surface area contributed by atoms with Crippen LogP contribution in [-0.4, -0.2) is 18.5 Å². The van der Waals surface area contributed by atoms with Crippen LogP contribution in [0.25, 0.3) is 0 Å². The Morgan fingerprint density at radius 1 is 1.10 bits per heavy atom. The second kappa shape index (κ2) is 8.18. The summed E-state index contributed by atoms with van der Waals surface area (Å²) < 4.78 is 0. The highest BCUT2D eigenvalue weighted by Gasteiger charge is 2.12. The van der Waals surface area contributed by atoms with Gasteiger partial charge in [-0.25, -0.2) is 0 Å². The average molecular weight is 290 g/mol. The molecule has 0 aliphatic rings. The molecule has 0 aliphatic carbocycles. The second-order valence-corrected chi connectivity index (χ2v) is 6.39. The van der Waals surface area contributed by atoms with Crippen molar-refractivity contribution in [1.29, 1.82) is 0 Å². The maximum absolute atomic E-state index is 12.1. The molecule has 0 bridgehead atoms. The van der Waals surface area contributed by atoms with Gasteiger partial charge in [0.15, 0.2) is 0 Å². The molecule has 0 aromatic heterocycles. The number of rotatable bonds is 7. The number of amides is 1. The van der Waals surface area contributed by atoms with E-state index in [4.69, 9.17) is 0 Å². The van der Waals surface area contributed by atoms with Crippen LogP contribution in [0.1, 0.15) is 70.9 Å². The molecule has 2 N–H and O–H groups in total. The minimum atomic E-state index is 0.0227. The maximum Gasteiger partial charge on any atom is 0.238 e. The highest BCUT2D eigenvalue weighted by molar-refractivity contribution is 5.93. The van der Waals surface area contributed by atoms with Crippen molar-refractivity contribution < 1.29 is 4.79 Å². The topological polar surface area (TPSA) is 41.1 Å². The predicted molar refractivity (Wildman–Crippen MR) is 91.0 cm³/mol. The summed E-state index contributed by atoms with van der Waals surface area (Å²) in [7, 11) is 0. The summed E-state index contributed by atoms with van der Waals surface area (Å²) >= 11 is 0. The van der Waals surface area contributed by atoms with Gasteiger partial charge in [0, 0.05) is 11.7 Å². The van der Waals surface area contributed by atoms with Crippen LogP contribution in [-0.2, 0) is 4.79 Å². The van der Waals surface area contributed by atoms with E-state index in [1.165, 1.54) is 11.1 Å². The predicted octanol–water partition coefficient (Wildman–Crippen LogP) is 4.26. The molecular formula is C18H30N2O. The largest absolute Gasteiger partial charge is 0.325 e. The molecule has 0 heterocycles. The summed E-state index contributed by atoms with van der Waals surface area (Å²) in [5, 5.41) is 6.25. The van der Waals surface area contributed by atoms with Gasteiger partial charge in [-0.05, 0) is 42.4 Å². The second-order valence-electron chi connectivity index (χ2n) is 6.39. The van der Waals surface area contributed by atoms with E-state index >= 15 is 0 Å². The quantitative estimate of drug-likeness (QED) is 0.787. The Kier molecular flexibility index (Phi) is 6.90. The normalized spacial score (nSPS) is 12.8. The van der Waals surface area contributed by atoms with Gasteiger partial charge in [-0.3, -0.25) is 4.79 Å². The van der Waals surface area contributed by atoms with Crippen LogP contribution in [0.15, 0.2) is 18.2 Å². The number of carbonyl (C=O) groups excluding carboxylic acids is 1. The Labute approximate surface area is 129 Å². The zero-order chi connectivity index (χ0) is 16.0. The van der Waals surface area contributed by atoms with Gasteiger partial charge in [-0.1, -0.05) is 46.8 Å². The van der Waals surface area contributed by atoms with Crippen LogP contribution < -0.4 is 10.6 Å². The lowest BCUT2D eigenvalue weighted by molar-refractivity contribution is -0.115. The van der Waals surface area contributed by atoms with Gasteiger partial charge in [0.1, 0.15) is 0 Å². The maximum atomic E-state index is 12.1. The van der Waals surface area contributed by atoms with Crippen molar-refractivity contribution in [3.63, 3.8) is 0 Å². The number of anilines is 1. The molecule has 0 fully saturated rings. The molecule has 0 spiro atoms. The Morgan fingerprint density at radius 2 is 1.76 bits per heavy atom. The number of hydrogen-bond acceptors (Lipinski definition) is 2. The first-order valence-electron chi connectivity index (χ1n) is 8.02. The third kappa shape index (κ3) is 5.50. The molecule has 1 aromatic carbocycles. The molecule has 21 heavy (non-hydrogen) atoms. The highest BCUT2D eigenvalue weighted by atomic mass is 16.1. The van der Waals surface area contributed by atoms with Gasteiger partial charge in [0.05, 0.1) is 6.54 Å². The number of benzene rings is 1. The highest BCUT2D eigenvalue weighted by Crippen LogP contribution is 2.28. The fraction of sp³-hybridized carbons (Fsp3) is 0.611. The molecule has 0 aliphatic heterocycles. The van der Waals surface area contributed by atoms with E-state index in [1.54, 1.807) is 0 Å². The third-order valence-corrected chi connectivity index (χ3v) is 3.86. The van der Waals surface area contributed by atoms with Crippen LogP contribution in [0.5, 0.6) is 0 Å². The summed E-state index contributed by atoms with van der Waals surface area (Å²) in [5.41, 5.74) is 3.46. The van der Waals surface area contributed by atoms with Crippen LogP contribution >= 0.6 is 0 Å². The van der Waals surface area contributed by atoms with Gasteiger partial charge < -0.3 is 10.6 Å². The van der Waals surface area contributed by atoms with Crippen LogP contribution in [0.4, 0.5) is 5.69 Å². The number of carbonyl (C=O) groups is 1. The standard InChI is InChI=1S/C18H30N2O/c1-7-14(6)19-11-18(21)20-17-9-8-15(12(2)3)10-16(17)13(4)5/h8-10,12-14,19H,7,11H2,1-6H3,(H,20,21). The van der Waals surface area contributed by atoms with E-state index in [0.717, 1.165) is 12.1 Å². The van der Waals surface area contributed by atoms with Crippen LogP contribution in [0.2, 0.25) is 0 Å². The Morgan fingerprint density at radius 3 is 2.29 bits per heavy atom. The zero-order valence-corrected chi connectivity index (χ0v) is 14.3. The van der Waals surface area contributed by atoms with Crippen molar-refractivity contribution in [2.24, 2.45) is 0 Å². The van der Waals surface area contributed by atoms with Crippen molar-refractivity contribution in [1.82, 2.24) is 5.32 Å². The first-order chi connectivity index (χ1) is 9.85. The number of hydrogen-bond donors (Lipinski definition) is 2. The Balaban J connectivity index is 2.80. The minimum Gasteiger partial charge on any atom is -0.325 e. The molecular weight excluding hydrogens is 260 g/mol. The summed E-state index contributed by atoms with van der Waals surface area (Å²) in [6, 6.07) is 6.72. The van der Waals surface area contributed by atoms with Crippen LogP contribution in [0, 0.1) is 0 Å². The molecule has 0 radical (unpaired) electrons. The van der Waals surface area contributed by atoms with Crippen molar-refractivity contribution in [3.8, 4) is 0 Å². The lowest BCUT2D eigenvalue weighted by Gasteiger charge is -2.18. The Hall–Kier alpha value is -1.35. The number of nitrogens with one attached hydrogen (secondary N) is 2. The summed E-state index contributed by atoms with van der Waals surface area (Å²) in [6.07, 6.45) is 1.02. The first kappa shape index (κ1) is 17.7. The molecule has 0 saturated heterocycles. The molecule has 118 valence electrons. The van der Waals surface area contributed by atoms with Crippen molar-refractivity contribution >= 4 is 11.6 Å². The van der Waals surface area contributed by atoms with E-state index in [-0.39, 0.29) is 5.91 Å². The third-order valence-electron chi connectivity index (χ3n) is 3.86. The van der Waals surface area contributed by atoms with Gasteiger partial charge in [0.2, 0.25) is 5.91 Å². The molecule has 1 rings (SSSR count). The average Bonchev–Trinajstić information content (AvgIpc) is 2.44. The molecule has 1 atom stereocenters. The zero-order valence-electron chi connectivity index (χ0n) is 14.3. The molecule has 1 aromatic rings. The van der Waals surface area contributed by atoms with E-state index in [1.807, 2.05) is 6.07 Å². The van der Waals surface area contributed by atoms with Crippen LogP contribution in [0.3, 0.4) is 0 Å². The van der Waals surface area contributed by atoms with Gasteiger partial charge in [-0.2, -0.15) is 0 Å². The van der Waals surface area contributed by atoms with E-state index in [2.05, 4.69) is 64.3 Å². The SMILES string of the molecule is CCC(C)NCC(=O)Nc1ccc(C(C)C)cc1C(C)C. The smallest absolute Gasteiger partial charge is 0.238 e. The summed E-state index contributed by atoms with van der Waals surface area (Å²) in [5.74, 6) is 0.912. The summed E-state index contributed by atoms with van der Waals surface area (Å²) in [4.78, 5) is 12.1. The van der Waals surface area contributed by atoms with E-state index < -0.39 is 0 Å². The van der Waals surface area contributed by atoms with Crippen molar-refractivity contribution in [3.05, 3.63) is 29.3 Å². The van der Waals surface area contributed by atoms with Crippen molar-refractivity contribution in [2.45, 2.75) is 65.8 Å². The minimum absolute atomic E-state index is 0.0227. The molecule has 0 saturated carbocycles. The lowest BCUT2D eigenvalue weighted by Crippen LogP contribution is -2.34. The fourth-order valence-electron chi connectivity index (χ4n) is 2.14. The lowest BCUT2D eigenvalue weighted by atomic mass is 9.94. The van der Waals surface area contributed by atoms with Gasteiger partial charge in [-0.15, -0.1) is 0 Å². The van der Waals surface area contributed by atoms with Gasteiger partial charge >= 0.3 is 0 Å². The molecule has 1 amide bonds. The van der Waals surface area contributed by atoms with Gasteiger partial charge in [0.25, 0.3) is 0 Å². The molecule has 3 heteroatoms. The van der Waals surface area contributed by atoms with E-state index in [9.17, 15) is 4.79 Å². The molecule has 3 nitrogen and oxygen atoms in total. The fourth-order valence-corrected chi connectivity index (χ4v) is 2.14. The first-order valence-corrected chi connectivity index (χ1v) is 8.02. The van der Waals surface area contributed by atoms with E-state index in [0.29, 0.717) is 24.4 Å². The molecule has 1 unspecified atom stereocenters. The Bertz CT molecular complexity index is 466. The summed E-state index contributed by atoms with van der Waals surface area (Å²) in [6.45, 7) is 13.3. The van der Waals surface area contributed by atoms with Crippen molar-refractivity contribution in [2.75, 3.05) is 11.9 Å². The monoisotopic (exact) mass is 290 g/mol.